The lowest BCUT2D eigenvalue weighted by atomic mass is 9.80. The number of rotatable bonds is 3. The number of carbonyl (C=O) groups is 1. The van der Waals surface area contributed by atoms with Crippen molar-refractivity contribution in [3.8, 4) is 5.75 Å². The molecule has 0 saturated heterocycles. The largest absolute Gasteiger partial charge is 0.495 e. The van der Waals surface area contributed by atoms with Gasteiger partial charge in [0.15, 0.2) is 0 Å². The number of para-hydroxylation sites is 1. The second kappa shape index (κ2) is 6.64. The zero-order valence-corrected chi connectivity index (χ0v) is 16.3. The van der Waals surface area contributed by atoms with Crippen LogP contribution in [0.3, 0.4) is 0 Å². The third-order valence-corrected chi connectivity index (χ3v) is 5.67. The van der Waals surface area contributed by atoms with Crippen LogP contribution in [0.25, 0.3) is 0 Å². The van der Waals surface area contributed by atoms with Gasteiger partial charge in [0.25, 0.3) is 5.72 Å². The van der Waals surface area contributed by atoms with Gasteiger partial charge in [-0.15, -0.1) is 0 Å². The van der Waals surface area contributed by atoms with Gasteiger partial charge in [0.1, 0.15) is 11.5 Å². The zero-order valence-electron chi connectivity index (χ0n) is 15.6. The molecule has 1 spiro atoms. The molecule has 2 heterocycles. The molecule has 0 amide bonds. The summed E-state index contributed by atoms with van der Waals surface area (Å²) in [6.45, 7) is 0. The van der Waals surface area contributed by atoms with Gasteiger partial charge < -0.3 is 14.9 Å². The molecule has 0 aromatic heterocycles. The van der Waals surface area contributed by atoms with E-state index in [1.54, 1.807) is 25.3 Å². The molecule has 0 bridgehead atoms. The van der Waals surface area contributed by atoms with Crippen molar-refractivity contribution in [2.45, 2.75) is 11.6 Å². The summed E-state index contributed by atoms with van der Waals surface area (Å²) in [5, 5.41) is 8.13. The SMILES string of the molecule is COc1ccc(C2=NO[C@@]3(Nc4ccccc4C3=O)[C@H]2c2ccccc2)cc1Cl. The van der Waals surface area contributed by atoms with E-state index in [1.807, 2.05) is 54.6 Å². The molecule has 0 fully saturated rings. The van der Waals surface area contributed by atoms with Crippen LogP contribution in [0.2, 0.25) is 5.02 Å². The van der Waals surface area contributed by atoms with E-state index in [0.717, 1.165) is 16.8 Å². The van der Waals surface area contributed by atoms with E-state index in [9.17, 15) is 4.79 Å². The molecule has 29 heavy (non-hydrogen) atoms. The third-order valence-electron chi connectivity index (χ3n) is 5.38. The van der Waals surface area contributed by atoms with Crippen LogP contribution >= 0.6 is 11.6 Å². The van der Waals surface area contributed by atoms with Crippen molar-refractivity contribution in [1.82, 2.24) is 0 Å². The van der Waals surface area contributed by atoms with Crippen LogP contribution < -0.4 is 10.1 Å². The maximum atomic E-state index is 13.4. The molecule has 2 atom stereocenters. The predicted octanol–water partition coefficient (Wildman–Crippen LogP) is 4.87. The molecule has 144 valence electrons. The number of ketones is 1. The lowest BCUT2D eigenvalue weighted by Gasteiger charge is -2.28. The van der Waals surface area contributed by atoms with Crippen molar-refractivity contribution in [2.75, 3.05) is 12.4 Å². The van der Waals surface area contributed by atoms with Crippen molar-refractivity contribution in [3.05, 3.63) is 94.5 Å². The van der Waals surface area contributed by atoms with Gasteiger partial charge >= 0.3 is 0 Å². The Morgan fingerprint density at radius 2 is 1.83 bits per heavy atom. The average molecular weight is 405 g/mol. The summed E-state index contributed by atoms with van der Waals surface area (Å²) in [4.78, 5) is 19.3. The molecule has 0 radical (unpaired) electrons. The lowest BCUT2D eigenvalue weighted by Crippen LogP contribution is -2.48. The van der Waals surface area contributed by atoms with Crippen LogP contribution in [-0.2, 0) is 4.84 Å². The predicted molar refractivity (Wildman–Crippen MR) is 112 cm³/mol. The van der Waals surface area contributed by atoms with Crippen molar-refractivity contribution in [3.63, 3.8) is 0 Å². The minimum atomic E-state index is -1.33. The van der Waals surface area contributed by atoms with Gasteiger partial charge in [0.2, 0.25) is 5.78 Å². The molecule has 5 rings (SSSR count). The quantitative estimate of drug-likeness (QED) is 0.676. The minimum absolute atomic E-state index is 0.139. The fourth-order valence-electron chi connectivity index (χ4n) is 4.02. The summed E-state index contributed by atoms with van der Waals surface area (Å²) in [5.41, 5.74) is 2.33. The van der Waals surface area contributed by atoms with Gasteiger partial charge in [0.05, 0.1) is 18.1 Å². The zero-order chi connectivity index (χ0) is 20.0. The van der Waals surface area contributed by atoms with E-state index >= 15 is 0 Å². The van der Waals surface area contributed by atoms with Gasteiger partial charge in [-0.05, 0) is 35.9 Å². The van der Waals surface area contributed by atoms with E-state index in [2.05, 4.69) is 10.5 Å². The Bertz CT molecular complexity index is 1150. The highest BCUT2D eigenvalue weighted by Crippen LogP contribution is 2.47. The standard InChI is InChI=1S/C23H17ClN2O3/c1-28-19-12-11-15(13-17(19)24)21-20(14-7-3-2-4-8-14)23(29-26-21)22(27)16-9-5-6-10-18(16)25-23/h2-13,20,25H,1H3/t20-,23-/m0/s1. The Hall–Kier alpha value is -3.31. The second-order valence-electron chi connectivity index (χ2n) is 7.00. The molecular formula is C23H17ClN2O3. The molecule has 0 saturated carbocycles. The fraction of sp³-hybridized carbons (Fsp3) is 0.130. The number of oxime groups is 1. The maximum absolute atomic E-state index is 13.4. The van der Waals surface area contributed by atoms with Crippen LogP contribution in [0.5, 0.6) is 5.75 Å². The van der Waals surface area contributed by atoms with Gasteiger partial charge in [-0.2, -0.15) is 0 Å². The summed E-state index contributed by atoms with van der Waals surface area (Å²) in [6, 6.07) is 22.6. The van der Waals surface area contributed by atoms with Crippen molar-refractivity contribution >= 4 is 28.8 Å². The number of Topliss-reactive ketones (excluding diaryl/α,β-unsaturated/α-hetero) is 1. The Morgan fingerprint density at radius 3 is 2.55 bits per heavy atom. The number of benzene rings is 3. The van der Waals surface area contributed by atoms with Gasteiger partial charge in [-0.3, -0.25) is 4.79 Å². The molecule has 2 aliphatic heterocycles. The summed E-state index contributed by atoms with van der Waals surface area (Å²) < 4.78 is 5.26. The van der Waals surface area contributed by atoms with Gasteiger partial charge in [-0.25, -0.2) is 0 Å². The Morgan fingerprint density at radius 1 is 1.07 bits per heavy atom. The first-order chi connectivity index (χ1) is 14.1. The first-order valence-corrected chi connectivity index (χ1v) is 9.59. The fourth-order valence-corrected chi connectivity index (χ4v) is 4.27. The van der Waals surface area contributed by atoms with E-state index in [1.165, 1.54) is 0 Å². The number of carbonyl (C=O) groups excluding carboxylic acids is 1. The van der Waals surface area contributed by atoms with Crippen molar-refractivity contribution < 1.29 is 14.4 Å². The van der Waals surface area contributed by atoms with Crippen molar-refractivity contribution in [2.24, 2.45) is 5.16 Å². The number of anilines is 1. The third kappa shape index (κ3) is 2.62. The second-order valence-corrected chi connectivity index (χ2v) is 7.40. The molecular weight excluding hydrogens is 388 g/mol. The molecule has 0 unspecified atom stereocenters. The van der Waals surface area contributed by atoms with Crippen LogP contribution in [0.15, 0.2) is 78.0 Å². The summed E-state index contributed by atoms with van der Waals surface area (Å²) in [7, 11) is 1.57. The van der Waals surface area contributed by atoms with Crippen LogP contribution in [-0.4, -0.2) is 24.3 Å². The van der Waals surface area contributed by atoms with Crippen LogP contribution in [0.1, 0.15) is 27.4 Å². The van der Waals surface area contributed by atoms with E-state index in [-0.39, 0.29) is 5.78 Å². The van der Waals surface area contributed by atoms with Gasteiger partial charge in [0, 0.05) is 16.8 Å². The summed E-state index contributed by atoms with van der Waals surface area (Å²) in [5.74, 6) is -0.0169. The number of hydrogen-bond acceptors (Lipinski definition) is 5. The summed E-state index contributed by atoms with van der Waals surface area (Å²) in [6.07, 6.45) is 0. The number of methoxy groups -OCH3 is 1. The van der Waals surface area contributed by atoms with Crippen LogP contribution in [0.4, 0.5) is 5.69 Å². The molecule has 0 aliphatic carbocycles. The molecule has 6 heteroatoms. The minimum Gasteiger partial charge on any atom is -0.495 e. The molecule has 1 N–H and O–H groups in total. The number of nitrogens with one attached hydrogen (secondary N) is 1. The number of hydrogen-bond donors (Lipinski definition) is 1. The van der Waals surface area contributed by atoms with Crippen molar-refractivity contribution in [1.29, 1.82) is 0 Å². The number of nitrogens with zero attached hydrogens (tertiary/aromatic N) is 1. The van der Waals surface area contributed by atoms with Gasteiger partial charge in [-0.1, -0.05) is 59.2 Å². The Kier molecular flexibility index (Phi) is 4.07. The number of halogens is 1. The van der Waals surface area contributed by atoms with E-state index in [0.29, 0.717) is 22.0 Å². The molecule has 3 aromatic carbocycles. The first-order valence-electron chi connectivity index (χ1n) is 9.21. The number of ether oxygens (including phenoxy) is 1. The normalized spacial score (nSPS) is 22.1. The highest BCUT2D eigenvalue weighted by molar-refractivity contribution is 6.32. The smallest absolute Gasteiger partial charge is 0.283 e. The lowest BCUT2D eigenvalue weighted by molar-refractivity contribution is 0.00793. The molecule has 2 aliphatic rings. The highest BCUT2D eigenvalue weighted by atomic mass is 35.5. The van der Waals surface area contributed by atoms with Crippen LogP contribution in [0, 0.1) is 0 Å². The van der Waals surface area contributed by atoms with E-state index < -0.39 is 11.6 Å². The topological polar surface area (TPSA) is 59.9 Å². The molecule has 3 aromatic rings. The average Bonchev–Trinajstić information content (AvgIpc) is 3.27. The summed E-state index contributed by atoms with van der Waals surface area (Å²) >= 11 is 6.35. The monoisotopic (exact) mass is 404 g/mol. The molecule has 5 nitrogen and oxygen atoms in total. The first kappa shape index (κ1) is 17.8. The Labute approximate surface area is 172 Å². The highest BCUT2D eigenvalue weighted by Gasteiger charge is 2.59. The van der Waals surface area contributed by atoms with E-state index in [4.69, 9.17) is 21.2 Å². The Balaban J connectivity index is 1.65. The number of fused-ring (bicyclic) bond motifs is 1. The maximum Gasteiger partial charge on any atom is 0.283 e.